The van der Waals surface area contributed by atoms with Gasteiger partial charge < -0.3 is 5.32 Å². The van der Waals surface area contributed by atoms with E-state index < -0.39 is 11.4 Å². The van der Waals surface area contributed by atoms with Crippen molar-refractivity contribution >= 4 is 33.4 Å². The Labute approximate surface area is 153 Å². The molecule has 2 aromatic heterocycles. The van der Waals surface area contributed by atoms with Gasteiger partial charge >= 0.3 is 0 Å². The number of halogens is 1. The number of pyridine rings is 1. The third-order valence-electron chi connectivity index (χ3n) is 4.33. The van der Waals surface area contributed by atoms with Crippen LogP contribution in [0.5, 0.6) is 0 Å². The molecule has 0 aliphatic rings. The molecule has 0 aliphatic heterocycles. The first kappa shape index (κ1) is 16.8. The van der Waals surface area contributed by atoms with E-state index in [1.54, 1.807) is 31.3 Å². The molecular formula is C20H15FN4O2. The van der Waals surface area contributed by atoms with E-state index in [9.17, 15) is 14.0 Å². The van der Waals surface area contributed by atoms with Crippen LogP contribution in [0.3, 0.4) is 0 Å². The van der Waals surface area contributed by atoms with Crippen molar-refractivity contribution in [3.8, 4) is 0 Å². The molecule has 2 heterocycles. The van der Waals surface area contributed by atoms with Gasteiger partial charge in [0, 0.05) is 11.6 Å². The van der Waals surface area contributed by atoms with E-state index in [4.69, 9.17) is 0 Å². The third kappa shape index (κ3) is 3.15. The topological polar surface area (TPSA) is 76.9 Å². The molecule has 4 aromatic rings. The van der Waals surface area contributed by atoms with Gasteiger partial charge in [0.2, 0.25) is 5.91 Å². The van der Waals surface area contributed by atoms with Gasteiger partial charge in [-0.2, -0.15) is 0 Å². The second-order valence-corrected chi connectivity index (χ2v) is 6.14. The summed E-state index contributed by atoms with van der Waals surface area (Å²) in [7, 11) is 0. The quantitative estimate of drug-likeness (QED) is 0.608. The van der Waals surface area contributed by atoms with E-state index in [1.807, 2.05) is 12.1 Å². The summed E-state index contributed by atoms with van der Waals surface area (Å²) in [6.45, 7) is 1.42. The first-order valence-corrected chi connectivity index (χ1v) is 8.33. The second kappa shape index (κ2) is 6.60. The van der Waals surface area contributed by atoms with Crippen LogP contribution in [0.15, 0.2) is 59.5 Å². The van der Waals surface area contributed by atoms with Crippen LogP contribution in [0.2, 0.25) is 0 Å². The number of aromatic nitrogens is 3. The molecule has 1 amide bonds. The van der Waals surface area contributed by atoms with Crippen molar-refractivity contribution < 1.29 is 9.18 Å². The molecule has 27 heavy (non-hydrogen) atoms. The molecule has 4 rings (SSSR count). The summed E-state index contributed by atoms with van der Waals surface area (Å²) in [6.07, 6.45) is 1.68. The molecule has 6 nitrogen and oxygen atoms in total. The summed E-state index contributed by atoms with van der Waals surface area (Å²) < 4.78 is 14.7. The Hall–Kier alpha value is -3.61. The number of fused-ring (bicyclic) bond motifs is 2. The molecule has 1 N–H and O–H groups in total. The lowest BCUT2D eigenvalue weighted by atomic mass is 10.2. The number of anilines is 1. The minimum atomic E-state index is -0.524. The lowest BCUT2D eigenvalue weighted by Gasteiger charge is -2.12. The normalized spacial score (nSPS) is 11.0. The van der Waals surface area contributed by atoms with Gasteiger partial charge in [0.15, 0.2) is 0 Å². The van der Waals surface area contributed by atoms with Crippen LogP contribution in [0.25, 0.3) is 21.8 Å². The molecule has 0 atom stereocenters. The highest BCUT2D eigenvalue weighted by atomic mass is 19.1. The van der Waals surface area contributed by atoms with Crippen LogP contribution < -0.4 is 10.9 Å². The molecule has 0 saturated heterocycles. The zero-order chi connectivity index (χ0) is 19.0. The number of benzene rings is 2. The maximum atomic E-state index is 13.5. The number of nitrogens with zero attached hydrogens (tertiary/aromatic N) is 3. The van der Waals surface area contributed by atoms with Crippen molar-refractivity contribution in [1.82, 2.24) is 14.5 Å². The SMILES string of the molecule is Cc1nc2ccc(F)cc2c(=O)n1CC(=O)Nc1cccc2ncccc12. The maximum Gasteiger partial charge on any atom is 0.261 e. The van der Waals surface area contributed by atoms with Gasteiger partial charge in [-0.05, 0) is 49.4 Å². The fraction of sp³-hybridized carbons (Fsp3) is 0.100. The standard InChI is InChI=1S/C20H15FN4O2/c1-12-23-18-8-7-13(21)10-15(18)20(27)25(12)11-19(26)24-17-6-2-5-16-14(17)4-3-9-22-16/h2-10H,11H2,1H3,(H,24,26). The molecule has 0 fully saturated rings. The van der Waals surface area contributed by atoms with E-state index in [2.05, 4.69) is 15.3 Å². The minimum Gasteiger partial charge on any atom is -0.324 e. The van der Waals surface area contributed by atoms with Gasteiger partial charge in [0.1, 0.15) is 18.2 Å². The fourth-order valence-corrected chi connectivity index (χ4v) is 3.04. The van der Waals surface area contributed by atoms with Gasteiger partial charge in [-0.1, -0.05) is 6.07 Å². The largest absolute Gasteiger partial charge is 0.324 e. The second-order valence-electron chi connectivity index (χ2n) is 6.14. The first-order chi connectivity index (χ1) is 13.0. The minimum absolute atomic E-state index is 0.141. The van der Waals surface area contributed by atoms with Crippen LogP contribution in [-0.2, 0) is 11.3 Å². The van der Waals surface area contributed by atoms with Crippen LogP contribution in [-0.4, -0.2) is 20.4 Å². The van der Waals surface area contributed by atoms with Crippen molar-refractivity contribution in [1.29, 1.82) is 0 Å². The number of aryl methyl sites for hydroxylation is 1. The Balaban J connectivity index is 1.68. The predicted molar refractivity (Wildman–Crippen MR) is 101 cm³/mol. The lowest BCUT2D eigenvalue weighted by Crippen LogP contribution is -2.30. The van der Waals surface area contributed by atoms with Crippen LogP contribution in [0, 0.1) is 12.7 Å². The summed E-state index contributed by atoms with van der Waals surface area (Å²) >= 11 is 0. The zero-order valence-electron chi connectivity index (χ0n) is 14.4. The molecule has 0 bridgehead atoms. The monoisotopic (exact) mass is 362 g/mol. The van der Waals surface area contributed by atoms with E-state index >= 15 is 0 Å². The highest BCUT2D eigenvalue weighted by molar-refractivity contribution is 6.00. The average Bonchev–Trinajstić information content (AvgIpc) is 2.66. The van der Waals surface area contributed by atoms with Crippen LogP contribution >= 0.6 is 0 Å². The zero-order valence-corrected chi connectivity index (χ0v) is 14.4. The van der Waals surface area contributed by atoms with E-state index in [0.29, 0.717) is 17.0 Å². The van der Waals surface area contributed by atoms with Gasteiger partial charge in [0.25, 0.3) is 5.56 Å². The van der Waals surface area contributed by atoms with Crippen molar-refractivity contribution in [2.75, 3.05) is 5.32 Å². The maximum absolute atomic E-state index is 13.5. The van der Waals surface area contributed by atoms with Gasteiger partial charge in [-0.15, -0.1) is 0 Å². The Bertz CT molecular complexity index is 1240. The van der Waals surface area contributed by atoms with Gasteiger partial charge in [0.05, 0.1) is 22.1 Å². The number of amides is 1. The average molecular weight is 362 g/mol. The van der Waals surface area contributed by atoms with Crippen molar-refractivity contribution in [3.63, 3.8) is 0 Å². The predicted octanol–water partition coefficient (Wildman–Crippen LogP) is 3.03. The molecule has 2 aromatic carbocycles. The Morgan fingerprint density at radius 3 is 2.81 bits per heavy atom. The lowest BCUT2D eigenvalue weighted by molar-refractivity contribution is -0.116. The molecule has 0 unspecified atom stereocenters. The summed E-state index contributed by atoms with van der Waals surface area (Å²) in [6, 6.07) is 12.9. The number of carbonyl (C=O) groups is 1. The molecule has 7 heteroatoms. The summed E-state index contributed by atoms with van der Waals surface area (Å²) in [5, 5.41) is 3.75. The van der Waals surface area contributed by atoms with Crippen LogP contribution in [0.1, 0.15) is 5.82 Å². The van der Waals surface area contributed by atoms with E-state index in [-0.39, 0.29) is 17.8 Å². The van der Waals surface area contributed by atoms with Crippen LogP contribution in [0.4, 0.5) is 10.1 Å². The summed E-state index contributed by atoms with van der Waals surface area (Å²) in [5.41, 5.74) is 1.31. The highest BCUT2D eigenvalue weighted by Gasteiger charge is 2.13. The number of hydrogen-bond donors (Lipinski definition) is 1. The van der Waals surface area contributed by atoms with Crippen molar-refractivity contribution in [3.05, 3.63) is 76.7 Å². The molecule has 0 spiro atoms. The molecular weight excluding hydrogens is 347 g/mol. The summed E-state index contributed by atoms with van der Waals surface area (Å²) in [4.78, 5) is 33.8. The molecule has 0 aliphatic carbocycles. The van der Waals surface area contributed by atoms with E-state index in [0.717, 1.165) is 17.0 Å². The Morgan fingerprint density at radius 2 is 1.96 bits per heavy atom. The number of nitrogens with one attached hydrogen (secondary N) is 1. The summed E-state index contributed by atoms with van der Waals surface area (Å²) in [5.74, 6) is -0.521. The van der Waals surface area contributed by atoms with Gasteiger partial charge in [-0.3, -0.25) is 19.1 Å². The number of rotatable bonds is 3. The Kier molecular flexibility index (Phi) is 4.12. The number of carbonyl (C=O) groups excluding carboxylic acids is 1. The first-order valence-electron chi connectivity index (χ1n) is 8.33. The smallest absolute Gasteiger partial charge is 0.261 e. The highest BCUT2D eigenvalue weighted by Crippen LogP contribution is 2.21. The van der Waals surface area contributed by atoms with Gasteiger partial charge in [-0.25, -0.2) is 9.37 Å². The van der Waals surface area contributed by atoms with E-state index in [1.165, 1.54) is 16.7 Å². The molecule has 134 valence electrons. The third-order valence-corrected chi connectivity index (χ3v) is 4.33. The fourth-order valence-electron chi connectivity index (χ4n) is 3.04. The Morgan fingerprint density at radius 1 is 1.11 bits per heavy atom. The number of hydrogen-bond acceptors (Lipinski definition) is 4. The van der Waals surface area contributed by atoms with Crippen molar-refractivity contribution in [2.45, 2.75) is 13.5 Å². The molecule has 0 radical (unpaired) electrons. The molecule has 0 saturated carbocycles. The van der Waals surface area contributed by atoms with Crippen molar-refractivity contribution in [2.24, 2.45) is 0 Å².